The smallest absolute Gasteiger partial charge is 0.294 e. The Morgan fingerprint density at radius 1 is 0.967 bits per heavy atom. The van der Waals surface area contributed by atoms with Gasteiger partial charge in [0.1, 0.15) is 0 Å². The lowest BCUT2D eigenvalue weighted by atomic mass is 9.89. The number of para-hydroxylation sites is 2. The molecule has 0 unspecified atom stereocenters. The summed E-state index contributed by atoms with van der Waals surface area (Å²) in [7, 11) is 0. The van der Waals surface area contributed by atoms with Gasteiger partial charge < -0.3 is 14.2 Å². The summed E-state index contributed by atoms with van der Waals surface area (Å²) in [6, 6.07) is 21.0. The van der Waals surface area contributed by atoms with Crippen LogP contribution in [0.3, 0.4) is 0 Å². The van der Waals surface area contributed by atoms with Gasteiger partial charge in [-0.3, -0.25) is 9.59 Å². The molecule has 1 aliphatic carbocycles. The van der Waals surface area contributed by atoms with Crippen LogP contribution in [0, 0.1) is 5.92 Å². The zero-order valence-corrected chi connectivity index (χ0v) is 16.9. The molecule has 1 fully saturated rings. The molecule has 0 N–H and O–H groups in total. The first-order valence-corrected chi connectivity index (χ1v) is 10.5. The van der Waals surface area contributed by atoms with E-state index in [1.165, 1.54) is 6.26 Å². The van der Waals surface area contributed by atoms with Crippen LogP contribution in [0.5, 0.6) is 0 Å². The Bertz CT molecular complexity index is 1060. The lowest BCUT2D eigenvalue weighted by Crippen LogP contribution is -2.48. The number of carbonyl (C=O) groups excluding carboxylic acids is 2. The fraction of sp³-hybridized carbons (Fsp3) is 0.280. The molecule has 2 heterocycles. The third-order valence-electron chi connectivity index (χ3n) is 6.02. The molecule has 2 amide bonds. The quantitative estimate of drug-likeness (QED) is 0.605. The van der Waals surface area contributed by atoms with Crippen LogP contribution in [0.15, 0.2) is 77.4 Å². The van der Waals surface area contributed by atoms with Crippen LogP contribution in [0.4, 0.5) is 11.4 Å². The van der Waals surface area contributed by atoms with Gasteiger partial charge in [-0.15, -0.1) is 0 Å². The van der Waals surface area contributed by atoms with Crippen molar-refractivity contribution in [3.63, 3.8) is 0 Å². The van der Waals surface area contributed by atoms with Gasteiger partial charge in [0.15, 0.2) is 5.76 Å². The Hall–Kier alpha value is -3.34. The maximum absolute atomic E-state index is 13.4. The van der Waals surface area contributed by atoms with Crippen molar-refractivity contribution in [3.8, 4) is 0 Å². The van der Waals surface area contributed by atoms with Crippen molar-refractivity contribution in [2.45, 2.75) is 38.3 Å². The van der Waals surface area contributed by atoms with Crippen LogP contribution in [-0.4, -0.2) is 17.9 Å². The Morgan fingerprint density at radius 2 is 1.70 bits per heavy atom. The molecule has 152 valence electrons. The monoisotopic (exact) mass is 400 g/mol. The maximum Gasteiger partial charge on any atom is 0.294 e. The van der Waals surface area contributed by atoms with Gasteiger partial charge in [-0.25, -0.2) is 0 Å². The fourth-order valence-electron chi connectivity index (χ4n) is 4.43. The molecule has 2 aliphatic rings. The number of furan rings is 1. The second-order valence-electron chi connectivity index (χ2n) is 8.13. The number of nitrogens with zero attached hydrogens (tertiary/aromatic N) is 2. The number of carbonyl (C=O) groups is 2. The molecule has 2 atom stereocenters. The van der Waals surface area contributed by atoms with E-state index in [1.807, 2.05) is 66.4 Å². The molecule has 5 rings (SSSR count). The summed E-state index contributed by atoms with van der Waals surface area (Å²) in [6.07, 6.45) is 4.09. The number of benzene rings is 2. The van der Waals surface area contributed by atoms with Gasteiger partial charge in [-0.05, 0) is 62.1 Å². The van der Waals surface area contributed by atoms with E-state index in [2.05, 4.69) is 0 Å². The first-order chi connectivity index (χ1) is 14.6. The van der Waals surface area contributed by atoms with Crippen LogP contribution in [0.25, 0.3) is 0 Å². The molecule has 0 bridgehead atoms. The van der Waals surface area contributed by atoms with Gasteiger partial charge in [0.2, 0.25) is 5.91 Å². The fourth-order valence-corrected chi connectivity index (χ4v) is 4.43. The number of hydrogen-bond acceptors (Lipinski definition) is 3. The standard InChI is InChI=1S/C25H24N2O3/c1-17-16-22(27(24(28)18-13-14-18)19-8-3-2-4-9-19)20-10-5-6-11-21(20)26(17)25(29)23-12-7-15-30-23/h2-12,15,17-18,22H,13-14,16H2,1H3/t17-,22-/m1/s1. The van der Waals surface area contributed by atoms with E-state index in [9.17, 15) is 9.59 Å². The van der Waals surface area contributed by atoms with Gasteiger partial charge in [0.25, 0.3) is 5.91 Å². The van der Waals surface area contributed by atoms with Gasteiger partial charge in [0, 0.05) is 23.3 Å². The number of rotatable bonds is 4. The molecular weight excluding hydrogens is 376 g/mol. The summed E-state index contributed by atoms with van der Waals surface area (Å²) < 4.78 is 5.38. The Labute approximate surface area is 175 Å². The SMILES string of the molecule is C[C@@H]1C[C@@H](N(C(=O)C2CC2)c2ccccc2)c2ccccc2N1C(=O)c1ccco1. The van der Waals surface area contributed by atoms with Crippen LogP contribution in [-0.2, 0) is 4.79 Å². The first kappa shape index (κ1) is 18.7. The molecule has 0 radical (unpaired) electrons. The maximum atomic E-state index is 13.4. The van der Waals surface area contributed by atoms with Gasteiger partial charge >= 0.3 is 0 Å². The predicted molar refractivity (Wildman–Crippen MR) is 115 cm³/mol. The molecule has 1 aliphatic heterocycles. The summed E-state index contributed by atoms with van der Waals surface area (Å²) in [5.74, 6) is 0.455. The van der Waals surface area contributed by atoms with Crippen molar-refractivity contribution in [1.82, 2.24) is 0 Å². The topological polar surface area (TPSA) is 53.8 Å². The zero-order chi connectivity index (χ0) is 20.7. The summed E-state index contributed by atoms with van der Waals surface area (Å²) in [4.78, 5) is 30.3. The van der Waals surface area contributed by atoms with Gasteiger partial charge in [-0.1, -0.05) is 36.4 Å². The van der Waals surface area contributed by atoms with Gasteiger partial charge in [0.05, 0.1) is 12.3 Å². The van der Waals surface area contributed by atoms with Crippen molar-refractivity contribution in [1.29, 1.82) is 0 Å². The number of anilines is 2. The Morgan fingerprint density at radius 3 is 2.40 bits per heavy atom. The number of fused-ring (bicyclic) bond motifs is 1. The second-order valence-corrected chi connectivity index (χ2v) is 8.13. The molecule has 1 aromatic heterocycles. The normalized spacial score (nSPS) is 20.5. The van der Waals surface area contributed by atoms with Crippen molar-refractivity contribution in [2.75, 3.05) is 9.80 Å². The Kier molecular flexibility index (Phi) is 4.66. The third-order valence-corrected chi connectivity index (χ3v) is 6.02. The molecule has 5 heteroatoms. The highest BCUT2D eigenvalue weighted by atomic mass is 16.3. The molecule has 0 spiro atoms. The minimum Gasteiger partial charge on any atom is -0.459 e. The zero-order valence-electron chi connectivity index (χ0n) is 16.9. The number of amides is 2. The lowest BCUT2D eigenvalue weighted by Gasteiger charge is -2.43. The largest absolute Gasteiger partial charge is 0.459 e. The minimum absolute atomic E-state index is 0.0827. The molecule has 30 heavy (non-hydrogen) atoms. The molecule has 0 saturated heterocycles. The Balaban J connectivity index is 1.59. The molecule has 3 aromatic rings. The molecule has 2 aromatic carbocycles. The van der Waals surface area contributed by atoms with Crippen LogP contribution in [0.2, 0.25) is 0 Å². The van der Waals surface area contributed by atoms with E-state index in [4.69, 9.17) is 4.42 Å². The lowest BCUT2D eigenvalue weighted by molar-refractivity contribution is -0.120. The van der Waals surface area contributed by atoms with Crippen molar-refractivity contribution < 1.29 is 14.0 Å². The van der Waals surface area contributed by atoms with E-state index >= 15 is 0 Å². The van der Waals surface area contributed by atoms with Crippen molar-refractivity contribution in [3.05, 3.63) is 84.3 Å². The summed E-state index contributed by atoms with van der Waals surface area (Å²) >= 11 is 0. The van der Waals surface area contributed by atoms with Crippen LogP contribution >= 0.6 is 0 Å². The second kappa shape index (κ2) is 7.48. The number of hydrogen-bond donors (Lipinski definition) is 0. The summed E-state index contributed by atoms with van der Waals surface area (Å²) in [5, 5.41) is 0. The predicted octanol–water partition coefficient (Wildman–Crippen LogP) is 5.20. The van der Waals surface area contributed by atoms with E-state index in [-0.39, 0.29) is 29.8 Å². The first-order valence-electron chi connectivity index (χ1n) is 10.5. The summed E-state index contributed by atoms with van der Waals surface area (Å²) in [5.41, 5.74) is 2.74. The van der Waals surface area contributed by atoms with E-state index in [0.717, 1.165) is 29.8 Å². The molecule has 5 nitrogen and oxygen atoms in total. The van der Waals surface area contributed by atoms with Crippen LogP contribution in [0.1, 0.15) is 48.3 Å². The third kappa shape index (κ3) is 3.20. The molecular formula is C25H24N2O3. The van der Waals surface area contributed by atoms with Gasteiger partial charge in [-0.2, -0.15) is 0 Å². The average Bonchev–Trinajstić information content (AvgIpc) is 3.48. The van der Waals surface area contributed by atoms with Crippen molar-refractivity contribution in [2.24, 2.45) is 5.92 Å². The average molecular weight is 400 g/mol. The van der Waals surface area contributed by atoms with Crippen LogP contribution < -0.4 is 9.80 Å². The van der Waals surface area contributed by atoms with E-state index < -0.39 is 0 Å². The van der Waals surface area contributed by atoms with E-state index in [0.29, 0.717) is 12.2 Å². The minimum atomic E-state index is -0.154. The highest BCUT2D eigenvalue weighted by molar-refractivity contribution is 6.06. The highest BCUT2D eigenvalue weighted by Gasteiger charge is 2.42. The summed E-state index contributed by atoms with van der Waals surface area (Å²) in [6.45, 7) is 2.04. The van der Waals surface area contributed by atoms with Crippen molar-refractivity contribution >= 4 is 23.2 Å². The highest BCUT2D eigenvalue weighted by Crippen LogP contribution is 2.45. The van der Waals surface area contributed by atoms with E-state index in [1.54, 1.807) is 17.0 Å². The molecule has 1 saturated carbocycles.